The predicted octanol–water partition coefficient (Wildman–Crippen LogP) is 3.43. The van der Waals surface area contributed by atoms with Gasteiger partial charge in [-0.3, -0.25) is 19.2 Å². The van der Waals surface area contributed by atoms with Gasteiger partial charge in [0, 0.05) is 33.8 Å². The van der Waals surface area contributed by atoms with Gasteiger partial charge in [0.2, 0.25) is 12.4 Å². The molecule has 1 saturated heterocycles. The number of benzene rings is 2. The van der Waals surface area contributed by atoms with Crippen molar-refractivity contribution in [3.8, 4) is 22.1 Å². The zero-order chi connectivity index (χ0) is 29.7. The summed E-state index contributed by atoms with van der Waals surface area (Å²) in [6.45, 7) is 4.28. The lowest BCUT2D eigenvalue weighted by molar-refractivity contribution is -0.288. The van der Waals surface area contributed by atoms with E-state index >= 15 is 0 Å². The Bertz CT molecular complexity index is 1400. The Morgan fingerprint density at radius 2 is 1.51 bits per heavy atom. The van der Waals surface area contributed by atoms with Gasteiger partial charge in [-0.25, -0.2) is 4.98 Å². The van der Waals surface area contributed by atoms with Crippen LogP contribution in [0.3, 0.4) is 0 Å². The fourth-order valence-corrected chi connectivity index (χ4v) is 5.30. The van der Waals surface area contributed by atoms with Crippen LogP contribution in [0.1, 0.15) is 27.7 Å². The SMILES string of the molecule is COc1ccc(-c2nc3ccccc3s2)c(O[C@@H]2O[C@H](COC(C)=O)[C@H](OC(C)=O)[C@H](OC(C)=O)[C@H]2OC(C)=O)c1. The number of carbonyl (C=O) groups is 4. The number of hydrogen-bond donors (Lipinski definition) is 0. The molecule has 5 atom stereocenters. The predicted molar refractivity (Wildman–Crippen MR) is 144 cm³/mol. The monoisotopic (exact) mass is 587 g/mol. The second kappa shape index (κ2) is 13.0. The number of ether oxygens (including phenoxy) is 7. The average Bonchev–Trinajstić information content (AvgIpc) is 3.34. The van der Waals surface area contributed by atoms with E-state index in [2.05, 4.69) is 0 Å². The Labute approximate surface area is 239 Å². The van der Waals surface area contributed by atoms with Crippen molar-refractivity contribution in [2.24, 2.45) is 0 Å². The maximum absolute atomic E-state index is 12.2. The number of aromatic nitrogens is 1. The van der Waals surface area contributed by atoms with Crippen LogP contribution in [0.5, 0.6) is 11.5 Å². The van der Waals surface area contributed by atoms with Crippen molar-refractivity contribution < 1.29 is 52.3 Å². The maximum Gasteiger partial charge on any atom is 0.303 e. The number of fused-ring (bicyclic) bond motifs is 1. The first kappa shape index (κ1) is 29.7. The second-order valence-corrected chi connectivity index (χ2v) is 10.1. The van der Waals surface area contributed by atoms with E-state index in [1.807, 2.05) is 24.3 Å². The summed E-state index contributed by atoms with van der Waals surface area (Å²) in [6.07, 6.45) is -6.61. The highest BCUT2D eigenvalue weighted by Gasteiger charge is 2.53. The molecule has 2 aromatic carbocycles. The zero-order valence-corrected chi connectivity index (χ0v) is 23.8. The molecule has 1 aromatic heterocycles. The largest absolute Gasteiger partial charge is 0.497 e. The van der Waals surface area contributed by atoms with Gasteiger partial charge < -0.3 is 33.2 Å². The molecule has 0 saturated carbocycles. The molecule has 41 heavy (non-hydrogen) atoms. The molecule has 1 aliphatic heterocycles. The number of para-hydroxylation sites is 1. The summed E-state index contributed by atoms with van der Waals surface area (Å²) in [5.74, 6) is -2.12. The van der Waals surface area contributed by atoms with Crippen molar-refractivity contribution in [1.29, 1.82) is 0 Å². The molecule has 0 N–H and O–H groups in total. The highest BCUT2D eigenvalue weighted by atomic mass is 32.1. The van der Waals surface area contributed by atoms with E-state index in [1.54, 1.807) is 18.2 Å². The van der Waals surface area contributed by atoms with Crippen LogP contribution in [-0.4, -0.2) is 73.3 Å². The highest BCUT2D eigenvalue weighted by molar-refractivity contribution is 7.21. The third-order valence-corrected chi connectivity index (χ3v) is 6.97. The minimum absolute atomic E-state index is 0.254. The van der Waals surface area contributed by atoms with Crippen LogP contribution in [-0.2, 0) is 42.9 Å². The lowest BCUT2D eigenvalue weighted by atomic mass is 9.98. The van der Waals surface area contributed by atoms with Gasteiger partial charge in [-0.15, -0.1) is 11.3 Å². The quantitative estimate of drug-likeness (QED) is 0.267. The van der Waals surface area contributed by atoms with Crippen LogP contribution in [0.15, 0.2) is 42.5 Å². The van der Waals surface area contributed by atoms with E-state index in [4.69, 9.17) is 38.1 Å². The molecule has 0 radical (unpaired) electrons. The van der Waals surface area contributed by atoms with Gasteiger partial charge in [0.1, 0.15) is 29.2 Å². The molecule has 3 aromatic rings. The molecule has 12 nitrogen and oxygen atoms in total. The van der Waals surface area contributed by atoms with Gasteiger partial charge in [-0.05, 0) is 24.3 Å². The van der Waals surface area contributed by atoms with Gasteiger partial charge in [-0.2, -0.15) is 0 Å². The second-order valence-electron chi connectivity index (χ2n) is 9.03. The molecule has 1 aliphatic rings. The van der Waals surface area contributed by atoms with Crippen molar-refractivity contribution in [2.45, 2.75) is 58.4 Å². The average molecular weight is 588 g/mol. The molecule has 2 heterocycles. The summed E-state index contributed by atoms with van der Waals surface area (Å²) < 4.78 is 40.3. The number of thiazole rings is 1. The fourth-order valence-electron chi connectivity index (χ4n) is 4.30. The Hall–Kier alpha value is -4.23. The van der Waals surface area contributed by atoms with Gasteiger partial charge in [0.15, 0.2) is 12.2 Å². The first-order valence-corrected chi connectivity index (χ1v) is 13.4. The van der Waals surface area contributed by atoms with Crippen LogP contribution in [0.25, 0.3) is 20.8 Å². The third-order valence-electron chi connectivity index (χ3n) is 5.90. The number of rotatable bonds is 9. The molecule has 218 valence electrons. The molecule has 1 fully saturated rings. The summed E-state index contributed by atoms with van der Waals surface area (Å²) in [5.41, 5.74) is 1.38. The van der Waals surface area contributed by atoms with E-state index in [-0.39, 0.29) is 12.4 Å². The van der Waals surface area contributed by atoms with Crippen molar-refractivity contribution in [3.05, 3.63) is 42.5 Å². The molecule has 0 aliphatic carbocycles. The Morgan fingerprint density at radius 1 is 0.854 bits per heavy atom. The van der Waals surface area contributed by atoms with Crippen molar-refractivity contribution >= 4 is 45.4 Å². The molecule has 13 heteroatoms. The van der Waals surface area contributed by atoms with Gasteiger partial charge in [0.25, 0.3) is 0 Å². The van der Waals surface area contributed by atoms with Crippen LogP contribution < -0.4 is 9.47 Å². The number of esters is 4. The summed E-state index contributed by atoms with van der Waals surface area (Å²) >= 11 is 1.44. The summed E-state index contributed by atoms with van der Waals surface area (Å²) in [5, 5.41) is 0.634. The highest BCUT2D eigenvalue weighted by Crippen LogP contribution is 2.40. The Kier molecular flexibility index (Phi) is 9.40. The third kappa shape index (κ3) is 7.30. The zero-order valence-electron chi connectivity index (χ0n) is 23.0. The molecule has 0 amide bonds. The maximum atomic E-state index is 12.2. The van der Waals surface area contributed by atoms with E-state index in [0.717, 1.165) is 31.0 Å². The van der Waals surface area contributed by atoms with E-state index in [9.17, 15) is 19.2 Å². The standard InChI is InChI=1S/C28H29NO11S/c1-14(30)35-13-22-24(36-15(2)31)25(37-16(3)32)26(38-17(4)33)28(40-22)39-21-12-18(34-5)10-11-19(21)27-29-20-8-6-7-9-23(20)41-27/h6-12,22,24-26,28H,13H2,1-5H3/t22-,24+,25+,26-,28-/m1/s1. The number of nitrogens with zero attached hydrogens (tertiary/aromatic N) is 1. The first-order valence-electron chi connectivity index (χ1n) is 12.6. The fraction of sp³-hybridized carbons (Fsp3) is 0.393. The summed E-state index contributed by atoms with van der Waals surface area (Å²) in [7, 11) is 1.49. The minimum atomic E-state index is -1.41. The Balaban J connectivity index is 1.79. The van der Waals surface area contributed by atoms with E-state index < -0.39 is 54.6 Å². The smallest absolute Gasteiger partial charge is 0.303 e. The normalized spacial score (nSPS) is 21.9. The molecular weight excluding hydrogens is 558 g/mol. The molecule has 0 unspecified atom stereocenters. The molecule has 0 bridgehead atoms. The molecule has 0 spiro atoms. The summed E-state index contributed by atoms with van der Waals surface area (Å²) in [6, 6.07) is 12.7. The topological polar surface area (TPSA) is 146 Å². The van der Waals surface area contributed by atoms with Crippen LogP contribution >= 0.6 is 11.3 Å². The van der Waals surface area contributed by atoms with Gasteiger partial charge in [-0.1, -0.05) is 12.1 Å². The van der Waals surface area contributed by atoms with Crippen LogP contribution in [0.2, 0.25) is 0 Å². The van der Waals surface area contributed by atoms with Crippen molar-refractivity contribution in [2.75, 3.05) is 13.7 Å². The van der Waals surface area contributed by atoms with Crippen molar-refractivity contribution in [3.63, 3.8) is 0 Å². The van der Waals surface area contributed by atoms with E-state index in [1.165, 1.54) is 25.4 Å². The lowest BCUT2D eigenvalue weighted by Gasteiger charge is -2.44. The number of methoxy groups -OCH3 is 1. The molecule has 4 rings (SSSR count). The number of hydrogen-bond acceptors (Lipinski definition) is 13. The van der Waals surface area contributed by atoms with Crippen LogP contribution in [0, 0.1) is 0 Å². The lowest BCUT2D eigenvalue weighted by Crippen LogP contribution is -2.63. The molecular formula is C28H29NO11S. The minimum Gasteiger partial charge on any atom is -0.497 e. The van der Waals surface area contributed by atoms with Crippen molar-refractivity contribution in [1.82, 2.24) is 4.98 Å². The Morgan fingerprint density at radius 3 is 2.15 bits per heavy atom. The van der Waals surface area contributed by atoms with Crippen LogP contribution in [0.4, 0.5) is 0 Å². The summed E-state index contributed by atoms with van der Waals surface area (Å²) in [4.78, 5) is 52.6. The number of carbonyl (C=O) groups excluding carboxylic acids is 4. The van der Waals surface area contributed by atoms with E-state index in [0.29, 0.717) is 16.3 Å². The van der Waals surface area contributed by atoms with Gasteiger partial charge in [0.05, 0.1) is 22.9 Å². The first-order chi connectivity index (χ1) is 19.5. The van der Waals surface area contributed by atoms with Gasteiger partial charge >= 0.3 is 23.9 Å².